The van der Waals surface area contributed by atoms with Gasteiger partial charge in [-0.05, 0) is 174 Å². The minimum atomic E-state index is -0.139. The lowest BCUT2D eigenvalue weighted by Crippen LogP contribution is -2.26. The molecule has 4 atom stereocenters. The number of para-hydroxylation sites is 3. The standard InChI is InChI=1S/C72H60N2/c1-48-32-38-61(40-49(48)2)72(3)46-59(52-24-12-6-13-25-52)44-60(47-72)70-64-29-17-16-28-63(64)69(58-42-56(50-20-8-4-9-21-50)41-57(43-58)51-22-10-5-11-23-51)66-45-55(37-39-65(66)70)53-33-35-54(36-34-53)71-73-67-30-18-19-31-68(67)74(71)62-26-14-7-15-27-62/h4-31,33-35,37-39,41-46,48-49,54H,32,36,40,47H2,1-3H3. The average molecular weight is 953 g/mol. The average Bonchev–Trinajstić information content (AvgIpc) is 3.87. The Morgan fingerprint density at radius 2 is 1.08 bits per heavy atom. The van der Waals surface area contributed by atoms with Gasteiger partial charge in [-0.1, -0.05) is 221 Å². The number of rotatable bonds is 9. The van der Waals surface area contributed by atoms with E-state index in [4.69, 9.17) is 4.98 Å². The second-order valence-corrected chi connectivity index (χ2v) is 21.4. The summed E-state index contributed by atoms with van der Waals surface area (Å²) in [7, 11) is 0. The van der Waals surface area contributed by atoms with Crippen molar-refractivity contribution in [2.24, 2.45) is 17.3 Å². The van der Waals surface area contributed by atoms with Crippen LogP contribution >= 0.6 is 0 Å². The molecule has 358 valence electrons. The van der Waals surface area contributed by atoms with Gasteiger partial charge in [0.25, 0.3) is 0 Å². The van der Waals surface area contributed by atoms with Crippen molar-refractivity contribution in [1.82, 2.24) is 9.55 Å². The largest absolute Gasteiger partial charge is 0.296 e. The van der Waals surface area contributed by atoms with Crippen LogP contribution in [0.5, 0.6) is 0 Å². The lowest BCUT2D eigenvalue weighted by atomic mass is 9.65. The highest BCUT2D eigenvalue weighted by Crippen LogP contribution is 2.53. The Morgan fingerprint density at radius 3 is 1.74 bits per heavy atom. The zero-order valence-corrected chi connectivity index (χ0v) is 42.5. The van der Waals surface area contributed by atoms with Gasteiger partial charge in [-0.3, -0.25) is 4.57 Å². The van der Waals surface area contributed by atoms with Gasteiger partial charge in [0.2, 0.25) is 0 Å². The lowest BCUT2D eigenvalue weighted by Gasteiger charge is -2.39. The van der Waals surface area contributed by atoms with Crippen LogP contribution in [0.2, 0.25) is 0 Å². The van der Waals surface area contributed by atoms with Gasteiger partial charge in [-0.2, -0.15) is 0 Å². The maximum atomic E-state index is 5.28. The van der Waals surface area contributed by atoms with Gasteiger partial charge in [0.05, 0.1) is 11.0 Å². The minimum Gasteiger partial charge on any atom is -0.296 e. The molecular weight excluding hydrogens is 893 g/mol. The highest BCUT2D eigenvalue weighted by Gasteiger charge is 2.36. The quantitative estimate of drug-likeness (QED) is 0.104. The molecule has 0 radical (unpaired) electrons. The van der Waals surface area contributed by atoms with Crippen molar-refractivity contribution in [2.45, 2.75) is 52.4 Å². The van der Waals surface area contributed by atoms with E-state index in [0.29, 0.717) is 11.8 Å². The third-order valence-corrected chi connectivity index (χ3v) is 16.6. The van der Waals surface area contributed by atoms with Crippen molar-refractivity contribution in [3.05, 3.63) is 271 Å². The zero-order valence-electron chi connectivity index (χ0n) is 42.5. The maximum Gasteiger partial charge on any atom is 0.121 e. The van der Waals surface area contributed by atoms with Crippen LogP contribution in [-0.2, 0) is 0 Å². The fourth-order valence-electron chi connectivity index (χ4n) is 12.4. The Balaban J connectivity index is 1.02. The van der Waals surface area contributed by atoms with Crippen LogP contribution in [0.25, 0.3) is 88.4 Å². The first-order valence-electron chi connectivity index (χ1n) is 26.7. The number of allylic oxidation sites excluding steroid dienone is 10. The number of fused-ring (bicyclic) bond motifs is 3. The third kappa shape index (κ3) is 8.29. The van der Waals surface area contributed by atoms with Gasteiger partial charge >= 0.3 is 0 Å². The second-order valence-electron chi connectivity index (χ2n) is 21.4. The number of aromatic nitrogens is 2. The van der Waals surface area contributed by atoms with Gasteiger partial charge < -0.3 is 0 Å². The van der Waals surface area contributed by atoms with E-state index in [2.05, 4.69) is 268 Å². The molecule has 3 aliphatic rings. The molecule has 2 nitrogen and oxygen atoms in total. The second kappa shape index (κ2) is 18.9. The van der Waals surface area contributed by atoms with Crippen LogP contribution in [0.4, 0.5) is 0 Å². The first-order chi connectivity index (χ1) is 36.3. The van der Waals surface area contributed by atoms with Crippen molar-refractivity contribution in [3.8, 4) is 39.1 Å². The summed E-state index contributed by atoms with van der Waals surface area (Å²) in [6.45, 7) is 7.39. The van der Waals surface area contributed by atoms with Crippen molar-refractivity contribution >= 4 is 49.3 Å². The van der Waals surface area contributed by atoms with E-state index < -0.39 is 0 Å². The zero-order chi connectivity index (χ0) is 49.8. The van der Waals surface area contributed by atoms with Gasteiger partial charge in [0.1, 0.15) is 5.82 Å². The van der Waals surface area contributed by atoms with E-state index in [0.717, 1.165) is 48.2 Å². The summed E-state index contributed by atoms with van der Waals surface area (Å²) in [5.74, 6) is 2.52. The molecule has 74 heavy (non-hydrogen) atoms. The summed E-state index contributed by atoms with van der Waals surface area (Å²) in [4.78, 5) is 5.28. The van der Waals surface area contributed by atoms with Crippen LogP contribution in [0, 0.1) is 17.3 Å². The number of hydrogen-bond acceptors (Lipinski definition) is 1. The Morgan fingerprint density at radius 1 is 0.486 bits per heavy atom. The van der Waals surface area contributed by atoms with E-state index in [1.807, 2.05) is 0 Å². The molecule has 0 saturated heterocycles. The normalized spacial score (nSPS) is 19.8. The summed E-state index contributed by atoms with van der Waals surface area (Å²) in [5.41, 5.74) is 19.8. The van der Waals surface area contributed by atoms with E-state index in [9.17, 15) is 0 Å². The molecule has 1 heterocycles. The molecule has 0 spiro atoms. The highest BCUT2D eigenvalue weighted by molar-refractivity contribution is 6.20. The van der Waals surface area contributed by atoms with E-state index in [1.165, 1.54) is 88.3 Å². The Bertz CT molecular complexity index is 3870. The molecular formula is C72H60N2. The Hall–Kier alpha value is -8.33. The third-order valence-electron chi connectivity index (χ3n) is 16.6. The fraction of sp³-hybridized carbons (Fsp3) is 0.153. The Labute approximate surface area is 436 Å². The van der Waals surface area contributed by atoms with Crippen LogP contribution in [0.15, 0.2) is 248 Å². The van der Waals surface area contributed by atoms with Gasteiger partial charge in [0, 0.05) is 17.0 Å². The molecule has 0 saturated carbocycles. The Kier molecular flexibility index (Phi) is 11.6. The predicted molar refractivity (Wildman–Crippen MR) is 314 cm³/mol. The van der Waals surface area contributed by atoms with E-state index in [1.54, 1.807) is 5.57 Å². The molecule has 0 bridgehead atoms. The van der Waals surface area contributed by atoms with Crippen molar-refractivity contribution in [1.29, 1.82) is 0 Å². The molecule has 0 N–H and O–H groups in total. The highest BCUT2D eigenvalue weighted by atomic mass is 15.1. The summed E-state index contributed by atoms with van der Waals surface area (Å²) < 4.78 is 2.35. The first kappa shape index (κ1) is 45.5. The smallest absolute Gasteiger partial charge is 0.121 e. The van der Waals surface area contributed by atoms with Crippen LogP contribution in [0.1, 0.15) is 74.9 Å². The fourth-order valence-corrected chi connectivity index (χ4v) is 12.4. The number of benzene rings is 9. The molecule has 13 rings (SSSR count). The molecule has 1 aromatic heterocycles. The van der Waals surface area contributed by atoms with Crippen LogP contribution in [-0.4, -0.2) is 9.55 Å². The van der Waals surface area contributed by atoms with Gasteiger partial charge in [0.15, 0.2) is 0 Å². The van der Waals surface area contributed by atoms with Crippen molar-refractivity contribution in [2.75, 3.05) is 0 Å². The maximum absolute atomic E-state index is 5.28. The molecule has 4 unspecified atom stereocenters. The minimum absolute atomic E-state index is 0.125. The number of nitrogens with zero attached hydrogens (tertiary/aromatic N) is 2. The topological polar surface area (TPSA) is 17.8 Å². The molecule has 3 aliphatic carbocycles. The van der Waals surface area contributed by atoms with Crippen LogP contribution in [0.3, 0.4) is 0 Å². The number of hydrogen-bond donors (Lipinski definition) is 0. The monoisotopic (exact) mass is 952 g/mol. The molecule has 0 fully saturated rings. The summed E-state index contributed by atoms with van der Waals surface area (Å²) >= 11 is 0. The molecule has 0 amide bonds. The molecule has 9 aromatic carbocycles. The molecule has 2 heteroatoms. The van der Waals surface area contributed by atoms with E-state index in [-0.39, 0.29) is 11.3 Å². The lowest BCUT2D eigenvalue weighted by molar-refractivity contribution is 0.335. The SMILES string of the molecule is CC1CC=C(C2(C)C=C(c3ccccc3)C=C(c3c4ccccc4c(-c4cc(-c5ccccc5)cc(-c5ccccc5)c4)c4cc(C5=CCC(c6nc7ccccc7n6-c6ccccc6)C=C5)ccc34)C2)CC1C. The van der Waals surface area contributed by atoms with Crippen molar-refractivity contribution < 1.29 is 0 Å². The summed E-state index contributed by atoms with van der Waals surface area (Å²) in [5, 5.41) is 5.10. The predicted octanol–water partition coefficient (Wildman–Crippen LogP) is 19.3. The van der Waals surface area contributed by atoms with Crippen molar-refractivity contribution in [3.63, 3.8) is 0 Å². The molecule has 0 aliphatic heterocycles. The van der Waals surface area contributed by atoms with Gasteiger partial charge in [-0.25, -0.2) is 4.98 Å². The van der Waals surface area contributed by atoms with E-state index >= 15 is 0 Å². The summed E-state index contributed by atoms with van der Waals surface area (Å²) in [6.07, 6.45) is 18.9. The first-order valence-corrected chi connectivity index (χ1v) is 26.7. The summed E-state index contributed by atoms with van der Waals surface area (Å²) in [6, 6.07) is 75.9. The number of imidazole rings is 1. The molecule has 10 aromatic rings. The van der Waals surface area contributed by atoms with Gasteiger partial charge in [-0.15, -0.1) is 0 Å². The van der Waals surface area contributed by atoms with Crippen LogP contribution < -0.4 is 0 Å².